The van der Waals surface area contributed by atoms with Crippen molar-refractivity contribution >= 4 is 12.2 Å². The standard InChI is InChI=1S/C16H18N2O3/c1-4-21-16(19)13-6-5-7-15(9-13)18-11(2)8-14(10-17-20)12(18)3/h5-10,20H,4H2,1-3H3. The quantitative estimate of drug-likeness (QED) is 0.406. The van der Waals surface area contributed by atoms with Crippen molar-refractivity contribution in [2.24, 2.45) is 5.16 Å². The minimum absolute atomic E-state index is 0.334. The van der Waals surface area contributed by atoms with Crippen LogP contribution in [-0.2, 0) is 4.74 Å². The molecule has 0 fully saturated rings. The largest absolute Gasteiger partial charge is 0.462 e. The molecule has 5 nitrogen and oxygen atoms in total. The molecule has 2 aromatic rings. The van der Waals surface area contributed by atoms with E-state index >= 15 is 0 Å². The third kappa shape index (κ3) is 2.97. The second kappa shape index (κ2) is 6.26. The van der Waals surface area contributed by atoms with E-state index in [4.69, 9.17) is 9.94 Å². The lowest BCUT2D eigenvalue weighted by molar-refractivity contribution is 0.0526. The van der Waals surface area contributed by atoms with Gasteiger partial charge in [0.05, 0.1) is 18.4 Å². The zero-order chi connectivity index (χ0) is 15.4. The topological polar surface area (TPSA) is 63.8 Å². The highest BCUT2D eigenvalue weighted by atomic mass is 16.5. The number of nitrogens with zero attached hydrogens (tertiary/aromatic N) is 2. The normalized spacial score (nSPS) is 11.0. The van der Waals surface area contributed by atoms with Gasteiger partial charge in [0.2, 0.25) is 0 Å². The highest BCUT2D eigenvalue weighted by Gasteiger charge is 2.12. The smallest absolute Gasteiger partial charge is 0.338 e. The van der Waals surface area contributed by atoms with Crippen molar-refractivity contribution in [3.8, 4) is 5.69 Å². The molecule has 1 aromatic heterocycles. The summed E-state index contributed by atoms with van der Waals surface area (Å²) in [5.41, 5.74) is 4.14. The van der Waals surface area contributed by atoms with E-state index in [9.17, 15) is 4.79 Å². The average molecular weight is 286 g/mol. The van der Waals surface area contributed by atoms with E-state index in [-0.39, 0.29) is 5.97 Å². The minimum atomic E-state index is -0.334. The number of carbonyl (C=O) groups excluding carboxylic acids is 1. The zero-order valence-electron chi connectivity index (χ0n) is 12.3. The number of oxime groups is 1. The SMILES string of the molecule is CCOC(=O)c1cccc(-n2c(C)cc(C=NO)c2C)c1. The van der Waals surface area contributed by atoms with Crippen LogP contribution in [0.2, 0.25) is 0 Å². The summed E-state index contributed by atoms with van der Waals surface area (Å²) >= 11 is 0. The number of carbonyl (C=O) groups is 1. The predicted octanol–water partition coefficient (Wildman–Crippen LogP) is 3.08. The number of benzene rings is 1. The molecule has 0 spiro atoms. The molecular weight excluding hydrogens is 268 g/mol. The van der Waals surface area contributed by atoms with Crippen molar-refractivity contribution in [3.63, 3.8) is 0 Å². The van der Waals surface area contributed by atoms with Crippen molar-refractivity contribution in [1.82, 2.24) is 4.57 Å². The Morgan fingerprint density at radius 3 is 2.81 bits per heavy atom. The van der Waals surface area contributed by atoms with Gasteiger partial charge in [0.1, 0.15) is 0 Å². The fourth-order valence-corrected chi connectivity index (χ4v) is 2.36. The van der Waals surface area contributed by atoms with Gasteiger partial charge in [-0.15, -0.1) is 0 Å². The molecule has 0 amide bonds. The molecule has 0 aliphatic carbocycles. The van der Waals surface area contributed by atoms with Gasteiger partial charge in [-0.1, -0.05) is 11.2 Å². The van der Waals surface area contributed by atoms with Crippen LogP contribution in [-0.4, -0.2) is 28.6 Å². The molecule has 0 radical (unpaired) electrons. The van der Waals surface area contributed by atoms with Crippen molar-refractivity contribution < 1.29 is 14.7 Å². The van der Waals surface area contributed by atoms with Crippen LogP contribution >= 0.6 is 0 Å². The first-order valence-electron chi connectivity index (χ1n) is 6.72. The van der Waals surface area contributed by atoms with E-state index < -0.39 is 0 Å². The zero-order valence-corrected chi connectivity index (χ0v) is 12.3. The first-order valence-corrected chi connectivity index (χ1v) is 6.72. The van der Waals surface area contributed by atoms with Gasteiger partial charge in [0.25, 0.3) is 0 Å². The Balaban J connectivity index is 2.48. The van der Waals surface area contributed by atoms with Crippen LogP contribution in [0.4, 0.5) is 0 Å². The summed E-state index contributed by atoms with van der Waals surface area (Å²) in [7, 11) is 0. The molecule has 5 heteroatoms. The fourth-order valence-electron chi connectivity index (χ4n) is 2.36. The van der Waals surface area contributed by atoms with Gasteiger partial charge in [-0.3, -0.25) is 0 Å². The van der Waals surface area contributed by atoms with Gasteiger partial charge < -0.3 is 14.5 Å². The van der Waals surface area contributed by atoms with Crippen LogP contribution in [0, 0.1) is 13.8 Å². The van der Waals surface area contributed by atoms with Crippen molar-refractivity contribution in [2.45, 2.75) is 20.8 Å². The third-order valence-electron chi connectivity index (χ3n) is 3.28. The van der Waals surface area contributed by atoms with E-state index in [1.54, 1.807) is 19.1 Å². The van der Waals surface area contributed by atoms with E-state index in [2.05, 4.69) is 5.16 Å². The predicted molar refractivity (Wildman–Crippen MR) is 80.6 cm³/mol. The number of hydrogen-bond donors (Lipinski definition) is 1. The molecule has 21 heavy (non-hydrogen) atoms. The van der Waals surface area contributed by atoms with Crippen LogP contribution in [0.3, 0.4) is 0 Å². The first-order chi connectivity index (χ1) is 10.1. The van der Waals surface area contributed by atoms with Crippen molar-refractivity contribution in [3.05, 3.63) is 52.8 Å². The Bertz CT molecular complexity index is 687. The van der Waals surface area contributed by atoms with E-state index in [1.807, 2.05) is 36.6 Å². The fraction of sp³-hybridized carbons (Fsp3) is 0.250. The van der Waals surface area contributed by atoms with Crippen LogP contribution in [0.1, 0.15) is 34.2 Å². The van der Waals surface area contributed by atoms with Crippen LogP contribution in [0.25, 0.3) is 5.69 Å². The Morgan fingerprint density at radius 1 is 1.38 bits per heavy atom. The molecule has 0 atom stereocenters. The molecule has 0 aliphatic rings. The summed E-state index contributed by atoms with van der Waals surface area (Å²) in [4.78, 5) is 11.8. The lowest BCUT2D eigenvalue weighted by atomic mass is 10.2. The highest BCUT2D eigenvalue weighted by molar-refractivity contribution is 5.90. The summed E-state index contributed by atoms with van der Waals surface area (Å²) < 4.78 is 7.02. The highest BCUT2D eigenvalue weighted by Crippen LogP contribution is 2.21. The Morgan fingerprint density at radius 2 is 2.14 bits per heavy atom. The Labute approximate surface area is 123 Å². The van der Waals surface area contributed by atoms with Gasteiger partial charge in [0, 0.05) is 22.6 Å². The average Bonchev–Trinajstić information content (AvgIpc) is 2.74. The molecule has 0 saturated heterocycles. The van der Waals surface area contributed by atoms with E-state index in [1.165, 1.54) is 6.21 Å². The maximum atomic E-state index is 11.8. The molecule has 0 saturated carbocycles. The van der Waals surface area contributed by atoms with Gasteiger partial charge in [-0.05, 0) is 45.0 Å². The monoisotopic (exact) mass is 286 g/mol. The minimum Gasteiger partial charge on any atom is -0.462 e. The lowest BCUT2D eigenvalue weighted by Gasteiger charge is -2.11. The number of esters is 1. The molecule has 1 heterocycles. The lowest BCUT2D eigenvalue weighted by Crippen LogP contribution is -2.06. The van der Waals surface area contributed by atoms with Gasteiger partial charge >= 0.3 is 5.97 Å². The van der Waals surface area contributed by atoms with Crippen LogP contribution < -0.4 is 0 Å². The van der Waals surface area contributed by atoms with Crippen LogP contribution in [0.15, 0.2) is 35.5 Å². The third-order valence-corrected chi connectivity index (χ3v) is 3.28. The number of ether oxygens (including phenoxy) is 1. The van der Waals surface area contributed by atoms with Crippen molar-refractivity contribution in [2.75, 3.05) is 6.61 Å². The maximum Gasteiger partial charge on any atom is 0.338 e. The molecule has 0 bridgehead atoms. The molecule has 1 aromatic carbocycles. The molecular formula is C16H18N2O3. The summed E-state index contributed by atoms with van der Waals surface area (Å²) in [5, 5.41) is 11.8. The van der Waals surface area contributed by atoms with Crippen molar-refractivity contribution in [1.29, 1.82) is 0 Å². The second-order valence-electron chi connectivity index (χ2n) is 4.68. The number of aromatic nitrogens is 1. The Hall–Kier alpha value is -2.56. The number of aryl methyl sites for hydroxylation is 1. The van der Waals surface area contributed by atoms with E-state index in [0.717, 1.165) is 22.6 Å². The number of rotatable bonds is 4. The molecule has 1 N–H and O–H groups in total. The Kier molecular flexibility index (Phi) is 4.42. The summed E-state index contributed by atoms with van der Waals surface area (Å²) in [6.45, 7) is 6.02. The molecule has 2 rings (SSSR count). The van der Waals surface area contributed by atoms with E-state index in [0.29, 0.717) is 12.2 Å². The van der Waals surface area contributed by atoms with Gasteiger partial charge in [-0.25, -0.2) is 4.79 Å². The second-order valence-corrected chi connectivity index (χ2v) is 4.68. The molecule has 0 unspecified atom stereocenters. The first kappa shape index (κ1) is 14.8. The summed E-state index contributed by atoms with van der Waals surface area (Å²) in [5.74, 6) is -0.334. The molecule has 110 valence electrons. The maximum absolute atomic E-state index is 11.8. The van der Waals surface area contributed by atoms with Crippen LogP contribution in [0.5, 0.6) is 0 Å². The van der Waals surface area contributed by atoms with Gasteiger partial charge in [0.15, 0.2) is 0 Å². The number of hydrogen-bond acceptors (Lipinski definition) is 4. The van der Waals surface area contributed by atoms with Gasteiger partial charge in [-0.2, -0.15) is 0 Å². The summed E-state index contributed by atoms with van der Waals surface area (Å²) in [6, 6.07) is 9.18. The summed E-state index contributed by atoms with van der Waals surface area (Å²) in [6.07, 6.45) is 1.40. The molecule has 0 aliphatic heterocycles.